The molecule has 0 aliphatic carbocycles. The third kappa shape index (κ3) is 3.34. The quantitative estimate of drug-likeness (QED) is 0.840. The Morgan fingerprint density at radius 1 is 1.38 bits per heavy atom. The van der Waals surface area contributed by atoms with Gasteiger partial charge in [-0.05, 0) is 32.1 Å². The van der Waals surface area contributed by atoms with Gasteiger partial charge in [0.25, 0.3) is 5.91 Å². The number of amides is 1. The average molecular weight is 294 g/mol. The normalized spacial score (nSPS) is 16.2. The summed E-state index contributed by atoms with van der Waals surface area (Å²) in [4.78, 5) is 24.4. The molecule has 2 rings (SSSR count). The number of carboxylic acid groups (broad SMARTS) is 1. The predicted molar refractivity (Wildman–Crippen MR) is 78.3 cm³/mol. The summed E-state index contributed by atoms with van der Waals surface area (Å²) < 4.78 is 1.70. The van der Waals surface area contributed by atoms with E-state index in [1.165, 1.54) is 0 Å². The van der Waals surface area contributed by atoms with Crippen molar-refractivity contribution >= 4 is 17.7 Å². The number of hydrogen-bond donors (Lipinski definition) is 2. The van der Waals surface area contributed by atoms with Crippen molar-refractivity contribution in [3.8, 4) is 0 Å². The number of nitrogens with two attached hydrogens (primary N) is 1. The van der Waals surface area contributed by atoms with Gasteiger partial charge >= 0.3 is 5.97 Å². The molecule has 0 aromatic carbocycles. The molecule has 1 aliphatic rings. The zero-order valence-electron chi connectivity index (χ0n) is 12.5. The second kappa shape index (κ2) is 6.15. The summed E-state index contributed by atoms with van der Waals surface area (Å²) in [6, 6.07) is 0. The van der Waals surface area contributed by atoms with E-state index in [1.54, 1.807) is 11.6 Å². The molecule has 0 bridgehead atoms. The van der Waals surface area contributed by atoms with E-state index >= 15 is 0 Å². The molecule has 0 unspecified atom stereocenters. The molecule has 21 heavy (non-hydrogen) atoms. The fourth-order valence-corrected chi connectivity index (χ4v) is 3.06. The maximum absolute atomic E-state index is 11.6. The van der Waals surface area contributed by atoms with Gasteiger partial charge in [0.2, 0.25) is 0 Å². The molecular formula is C14H22N4O3. The molecule has 1 saturated heterocycles. The van der Waals surface area contributed by atoms with Crippen LogP contribution in [0.2, 0.25) is 0 Å². The van der Waals surface area contributed by atoms with Crippen LogP contribution >= 0.6 is 0 Å². The first-order valence-corrected chi connectivity index (χ1v) is 7.20. The zero-order valence-corrected chi connectivity index (χ0v) is 12.5. The molecule has 3 N–H and O–H groups in total. The van der Waals surface area contributed by atoms with Gasteiger partial charge in [-0.2, -0.15) is 5.10 Å². The lowest BCUT2D eigenvalue weighted by molar-refractivity contribution is -0.137. The lowest BCUT2D eigenvalue weighted by Gasteiger charge is -2.33. The minimum atomic E-state index is -0.740. The van der Waals surface area contributed by atoms with Crippen LogP contribution in [-0.4, -0.2) is 39.9 Å². The smallest absolute Gasteiger partial charge is 0.303 e. The number of carboxylic acids is 1. The number of nitrogens with zero attached hydrogens (tertiary/aromatic N) is 3. The summed E-state index contributed by atoms with van der Waals surface area (Å²) in [5.74, 6) is 0.0136. The number of rotatable bonds is 5. The van der Waals surface area contributed by atoms with Crippen LogP contribution < -0.4 is 10.6 Å². The molecule has 0 radical (unpaired) electrons. The van der Waals surface area contributed by atoms with E-state index in [0.717, 1.165) is 38.2 Å². The Labute approximate surface area is 123 Å². The lowest BCUT2D eigenvalue weighted by Crippen LogP contribution is -2.36. The predicted octanol–water partition coefficient (Wildman–Crippen LogP) is 0.909. The van der Waals surface area contributed by atoms with Gasteiger partial charge in [0.05, 0.1) is 5.69 Å². The van der Waals surface area contributed by atoms with Crippen LogP contribution in [0.3, 0.4) is 0 Å². The molecule has 0 saturated carbocycles. The number of anilines is 1. The molecule has 1 aromatic heterocycles. The highest BCUT2D eigenvalue weighted by Crippen LogP contribution is 2.29. The average Bonchev–Trinajstić information content (AvgIpc) is 2.72. The van der Waals surface area contributed by atoms with Gasteiger partial charge in [-0.1, -0.05) is 0 Å². The highest BCUT2D eigenvalue weighted by atomic mass is 16.4. The Balaban J connectivity index is 2.06. The number of aliphatic carboxylic acids is 1. The van der Waals surface area contributed by atoms with E-state index in [0.29, 0.717) is 17.2 Å². The summed E-state index contributed by atoms with van der Waals surface area (Å²) in [5.41, 5.74) is 6.59. The van der Waals surface area contributed by atoms with Gasteiger partial charge in [0, 0.05) is 26.6 Å². The lowest BCUT2D eigenvalue weighted by atomic mass is 9.92. The number of primary amides is 1. The fourth-order valence-electron chi connectivity index (χ4n) is 3.06. The minimum absolute atomic E-state index is 0.224. The minimum Gasteiger partial charge on any atom is -0.481 e. The number of carbonyl (C=O) groups is 2. The Hall–Kier alpha value is -2.05. The Morgan fingerprint density at radius 3 is 2.52 bits per heavy atom. The van der Waals surface area contributed by atoms with E-state index < -0.39 is 11.9 Å². The van der Waals surface area contributed by atoms with Crippen LogP contribution in [0.15, 0.2) is 0 Å². The Bertz CT molecular complexity index is 545. The highest BCUT2D eigenvalue weighted by molar-refractivity contribution is 5.99. The van der Waals surface area contributed by atoms with Gasteiger partial charge in [-0.15, -0.1) is 0 Å². The molecule has 116 valence electrons. The molecule has 1 aliphatic heterocycles. The summed E-state index contributed by atoms with van der Waals surface area (Å²) in [6.45, 7) is 3.37. The molecular weight excluding hydrogens is 272 g/mol. The van der Waals surface area contributed by atoms with Crippen molar-refractivity contribution in [2.75, 3.05) is 18.0 Å². The highest BCUT2D eigenvalue weighted by Gasteiger charge is 2.27. The topological polar surface area (TPSA) is 101 Å². The molecule has 1 amide bonds. The number of hydrogen-bond acceptors (Lipinski definition) is 4. The van der Waals surface area contributed by atoms with Crippen molar-refractivity contribution in [1.29, 1.82) is 0 Å². The van der Waals surface area contributed by atoms with Crippen LogP contribution in [0.5, 0.6) is 0 Å². The summed E-state index contributed by atoms with van der Waals surface area (Å²) in [7, 11) is 1.81. The molecule has 1 fully saturated rings. The largest absolute Gasteiger partial charge is 0.481 e. The fraction of sp³-hybridized carbons (Fsp3) is 0.643. The second-order valence-electron chi connectivity index (χ2n) is 5.63. The van der Waals surface area contributed by atoms with Crippen molar-refractivity contribution in [1.82, 2.24) is 9.78 Å². The third-order valence-electron chi connectivity index (χ3n) is 4.12. The number of carbonyl (C=O) groups excluding carboxylic acids is 1. The molecule has 1 aromatic rings. The third-order valence-corrected chi connectivity index (χ3v) is 4.12. The molecule has 0 spiro atoms. The van der Waals surface area contributed by atoms with E-state index in [1.807, 2.05) is 7.05 Å². The first-order valence-electron chi connectivity index (χ1n) is 7.20. The zero-order chi connectivity index (χ0) is 15.6. The first-order chi connectivity index (χ1) is 9.90. The monoisotopic (exact) mass is 294 g/mol. The van der Waals surface area contributed by atoms with Gasteiger partial charge < -0.3 is 15.7 Å². The van der Waals surface area contributed by atoms with Crippen molar-refractivity contribution in [2.24, 2.45) is 18.7 Å². The van der Waals surface area contributed by atoms with Gasteiger partial charge in [0.1, 0.15) is 11.4 Å². The number of aryl methyl sites for hydroxylation is 2. The Morgan fingerprint density at radius 2 is 2.00 bits per heavy atom. The first kappa shape index (κ1) is 15.3. The van der Waals surface area contributed by atoms with E-state index in [9.17, 15) is 9.59 Å². The molecule has 7 nitrogen and oxygen atoms in total. The number of aromatic nitrogens is 2. The molecule has 0 atom stereocenters. The Kier molecular flexibility index (Phi) is 4.50. The SMILES string of the molecule is Cc1nn(C)c(N2CCC(CCC(=O)O)CC2)c1C(N)=O. The summed E-state index contributed by atoms with van der Waals surface area (Å²) >= 11 is 0. The maximum Gasteiger partial charge on any atom is 0.303 e. The van der Waals surface area contributed by atoms with Crippen molar-refractivity contribution in [3.63, 3.8) is 0 Å². The van der Waals surface area contributed by atoms with Crippen LogP contribution in [-0.2, 0) is 11.8 Å². The van der Waals surface area contributed by atoms with Crippen LogP contribution in [0.1, 0.15) is 41.7 Å². The summed E-state index contributed by atoms with van der Waals surface area (Å²) in [5, 5.41) is 13.0. The van der Waals surface area contributed by atoms with Gasteiger partial charge in [0.15, 0.2) is 0 Å². The van der Waals surface area contributed by atoms with Crippen LogP contribution in [0.25, 0.3) is 0 Å². The van der Waals surface area contributed by atoms with E-state index in [-0.39, 0.29) is 6.42 Å². The maximum atomic E-state index is 11.6. The van der Waals surface area contributed by atoms with Gasteiger partial charge in [-0.3, -0.25) is 14.3 Å². The van der Waals surface area contributed by atoms with Crippen molar-refractivity contribution in [3.05, 3.63) is 11.3 Å². The summed E-state index contributed by atoms with van der Waals surface area (Å²) in [6.07, 6.45) is 2.80. The van der Waals surface area contributed by atoms with Crippen molar-refractivity contribution < 1.29 is 14.7 Å². The van der Waals surface area contributed by atoms with Crippen molar-refractivity contribution in [2.45, 2.75) is 32.6 Å². The standard InChI is InChI=1S/C14H22N4O3/c1-9-12(13(15)21)14(17(2)16-9)18-7-5-10(6-8-18)3-4-11(19)20/h10H,3-8H2,1-2H3,(H2,15,21)(H,19,20). The van der Waals surface area contributed by atoms with Crippen LogP contribution in [0.4, 0.5) is 5.82 Å². The number of piperidine rings is 1. The van der Waals surface area contributed by atoms with E-state index in [4.69, 9.17) is 10.8 Å². The van der Waals surface area contributed by atoms with Gasteiger partial charge in [-0.25, -0.2) is 0 Å². The van der Waals surface area contributed by atoms with Crippen LogP contribution in [0, 0.1) is 12.8 Å². The second-order valence-corrected chi connectivity index (χ2v) is 5.63. The van der Waals surface area contributed by atoms with E-state index in [2.05, 4.69) is 10.00 Å². The molecule has 2 heterocycles. The molecule has 7 heteroatoms.